The van der Waals surface area contributed by atoms with E-state index in [9.17, 15) is 4.79 Å². The van der Waals surface area contributed by atoms with E-state index in [1.54, 1.807) is 0 Å². The second kappa shape index (κ2) is 33.1. The molecule has 0 aromatic carbocycles. The van der Waals surface area contributed by atoms with Crippen LogP contribution in [0.3, 0.4) is 0 Å². The summed E-state index contributed by atoms with van der Waals surface area (Å²) < 4.78 is 0. The molecule has 0 fully saturated rings. The van der Waals surface area contributed by atoms with Crippen LogP contribution in [0.15, 0.2) is 12.7 Å². The molecule has 0 spiro atoms. The molecule has 3 N–H and O–H groups in total. The molecule has 0 aliphatic carbocycles. The van der Waals surface area contributed by atoms with Crippen molar-refractivity contribution in [2.75, 3.05) is 0 Å². The van der Waals surface area contributed by atoms with E-state index in [4.69, 9.17) is 24.9 Å². The topological polar surface area (TPSA) is 112 Å². The van der Waals surface area contributed by atoms with Crippen LogP contribution >= 0.6 is 0 Å². The van der Waals surface area contributed by atoms with E-state index >= 15 is 0 Å². The Hall–Kier alpha value is -1.25. The van der Waals surface area contributed by atoms with E-state index in [1.807, 2.05) is 0 Å². The molecule has 0 heterocycles. The van der Waals surface area contributed by atoms with Gasteiger partial charge in [-0.2, -0.15) is 0 Å². The van der Waals surface area contributed by atoms with Crippen LogP contribution in [0.4, 0.5) is 0 Å². The van der Waals surface area contributed by atoms with Crippen molar-refractivity contribution in [1.29, 1.82) is 0 Å². The van der Waals surface area contributed by atoms with Crippen molar-refractivity contribution in [2.45, 2.75) is 0 Å². The molecule has 0 rings (SSSR count). The summed E-state index contributed by atoms with van der Waals surface area (Å²) in [6.07, 6.45) is 0.833. The predicted molar refractivity (Wildman–Crippen MR) is 41.0 cm³/mol. The Morgan fingerprint density at radius 2 is 1.25 bits per heavy atom. The van der Waals surface area contributed by atoms with Crippen LogP contribution in [0.2, 0.25) is 0 Å². The monoisotopic (exact) mass is 171 g/mol. The van der Waals surface area contributed by atoms with Gasteiger partial charge in [-0.25, -0.2) is 4.79 Å². The van der Waals surface area contributed by atoms with Crippen molar-refractivity contribution in [1.82, 2.24) is 0 Å². The molecule has 0 aliphatic rings. The summed E-state index contributed by atoms with van der Waals surface area (Å²) in [6.45, 7) is 2.46. The molecule has 7 heteroatoms. The molecule has 0 saturated heterocycles. The van der Waals surface area contributed by atoms with Gasteiger partial charge in [0.25, 0.3) is 12.9 Å². The molecule has 0 saturated carbocycles. The number of carboxylic acids is 1. The van der Waals surface area contributed by atoms with Crippen molar-refractivity contribution in [2.24, 2.45) is 0 Å². The molecule has 0 unspecified atom stereocenters. The summed E-state index contributed by atoms with van der Waals surface area (Å²) >= 11 is 0. The Balaban J connectivity index is -0.0000000406. The Labute approximate surface area is 80.7 Å². The minimum absolute atomic E-state index is 0. The van der Waals surface area contributed by atoms with Gasteiger partial charge >= 0.3 is 5.97 Å². The van der Waals surface area contributed by atoms with Gasteiger partial charge in [-0.3, -0.25) is 9.59 Å². The molecule has 0 atom stereocenters. The first-order chi connectivity index (χ1) is 5.10. The van der Waals surface area contributed by atoms with Crippen molar-refractivity contribution in [3.05, 3.63) is 12.7 Å². The number of carboxylic acid groups (broad SMARTS) is 3. The normalized spacial score (nSPS) is 4.67. The first-order valence-electron chi connectivity index (χ1n) is 2.11. The molecule has 6 nitrogen and oxygen atoms in total. The van der Waals surface area contributed by atoms with Crippen molar-refractivity contribution >= 4 is 37.8 Å². The van der Waals surface area contributed by atoms with E-state index in [-0.39, 0.29) is 31.8 Å². The Kier molecular flexibility index (Phi) is 61.9. The van der Waals surface area contributed by atoms with E-state index in [1.165, 1.54) is 0 Å². The second-order valence-corrected chi connectivity index (χ2v) is 0.753. The molecular weight excluding hydrogens is 163 g/mol. The van der Waals surface area contributed by atoms with E-state index in [0.717, 1.165) is 6.08 Å². The van der Waals surface area contributed by atoms with Crippen LogP contribution in [-0.4, -0.2) is 53.1 Å². The maximum absolute atomic E-state index is 9.25. The van der Waals surface area contributed by atoms with Crippen LogP contribution in [0.1, 0.15) is 0 Å². The average molecular weight is 171 g/mol. The van der Waals surface area contributed by atoms with Gasteiger partial charge in [-0.15, -0.1) is 0 Å². The minimum Gasteiger partial charge on any atom is -0.483 e. The third-order valence-corrected chi connectivity index (χ3v) is 0.175. The second-order valence-electron chi connectivity index (χ2n) is 0.753. The van der Waals surface area contributed by atoms with Gasteiger partial charge in [0.1, 0.15) is 0 Å². The molecule has 0 aromatic heterocycles. The van der Waals surface area contributed by atoms with Crippen LogP contribution in [0, 0.1) is 0 Å². The first-order valence-corrected chi connectivity index (χ1v) is 2.11. The van der Waals surface area contributed by atoms with Gasteiger partial charge in [0.15, 0.2) is 0 Å². The third-order valence-electron chi connectivity index (χ3n) is 0.175. The Bertz CT molecular complexity index is 117. The summed E-state index contributed by atoms with van der Waals surface area (Å²) in [5, 5.41) is 21.4. The van der Waals surface area contributed by atoms with Crippen molar-refractivity contribution in [3.8, 4) is 0 Å². The maximum Gasteiger partial charge on any atom is 0.327 e. The molecule has 12 heavy (non-hydrogen) atoms. The van der Waals surface area contributed by atoms with Gasteiger partial charge in [0.05, 0.1) is 0 Å². The maximum atomic E-state index is 9.25. The quantitative estimate of drug-likeness (QED) is 0.272. The fourth-order valence-corrected chi connectivity index (χ4v) is 0. The van der Waals surface area contributed by atoms with E-state index in [0.29, 0.717) is 0 Å². The number of rotatable bonds is 1. The molecular formula is C5H8LiO6. The van der Waals surface area contributed by atoms with Crippen LogP contribution in [-0.2, 0) is 14.4 Å². The molecule has 65 valence electrons. The van der Waals surface area contributed by atoms with Crippen LogP contribution < -0.4 is 0 Å². The summed E-state index contributed by atoms with van der Waals surface area (Å²) in [4.78, 5) is 26.0. The largest absolute Gasteiger partial charge is 0.483 e. The Morgan fingerprint density at radius 3 is 1.25 bits per heavy atom. The number of carbonyl (C=O) groups is 3. The van der Waals surface area contributed by atoms with Crippen molar-refractivity contribution in [3.63, 3.8) is 0 Å². The molecule has 0 bridgehead atoms. The van der Waals surface area contributed by atoms with Gasteiger partial charge < -0.3 is 15.3 Å². The standard InChI is InChI=1S/C3H4O2.2CH2O2.Li/c1-2-3(4)5;2*2-1-3;/h2H,1H2,(H,4,5);2*1H,(H,2,3);. The van der Waals surface area contributed by atoms with E-state index in [2.05, 4.69) is 6.58 Å². The fraction of sp³-hybridized carbons (Fsp3) is 0. The predicted octanol–water partition coefficient (Wildman–Crippen LogP) is -0.722. The van der Waals surface area contributed by atoms with Gasteiger partial charge in [0, 0.05) is 24.9 Å². The molecule has 1 radical (unpaired) electrons. The summed E-state index contributed by atoms with van der Waals surface area (Å²) in [7, 11) is 0. The summed E-state index contributed by atoms with van der Waals surface area (Å²) in [5.74, 6) is -0.981. The zero-order valence-electron chi connectivity index (χ0n) is 6.51. The van der Waals surface area contributed by atoms with Gasteiger partial charge in [-0.05, 0) is 0 Å². The first kappa shape index (κ1) is 22.4. The smallest absolute Gasteiger partial charge is 0.327 e. The van der Waals surface area contributed by atoms with Gasteiger partial charge in [0.2, 0.25) is 0 Å². The van der Waals surface area contributed by atoms with Crippen LogP contribution in [0.5, 0.6) is 0 Å². The number of hydrogen-bond donors (Lipinski definition) is 3. The number of aliphatic carboxylic acids is 1. The summed E-state index contributed by atoms with van der Waals surface area (Å²) in [6, 6.07) is 0. The average Bonchev–Trinajstić information content (AvgIpc) is 1.91. The zero-order chi connectivity index (χ0) is 9.70. The SMILES string of the molecule is C=CC(=O)O.O=CO.O=CO.[Li]. The van der Waals surface area contributed by atoms with Crippen LogP contribution in [0.25, 0.3) is 0 Å². The number of hydrogen-bond acceptors (Lipinski definition) is 3. The minimum atomic E-state index is -0.981. The molecule has 0 aliphatic heterocycles. The fourth-order valence-electron chi connectivity index (χ4n) is 0. The zero-order valence-corrected chi connectivity index (χ0v) is 6.51. The summed E-state index contributed by atoms with van der Waals surface area (Å²) in [5.41, 5.74) is 0. The Morgan fingerprint density at radius 1 is 1.17 bits per heavy atom. The third kappa shape index (κ3) is 940. The van der Waals surface area contributed by atoms with E-state index < -0.39 is 5.97 Å². The van der Waals surface area contributed by atoms with Crippen molar-refractivity contribution < 1.29 is 29.7 Å². The molecule has 0 amide bonds. The molecule has 0 aromatic rings. The van der Waals surface area contributed by atoms with Gasteiger partial charge in [-0.1, -0.05) is 6.58 Å².